The standard InChI is InChI=1S/C24H27N3O5S/c1-15(28)25-18(11-12-33-4)24(30)26-19-13-16(9-10-22(19)31-3)27(2)20-14-23(29)32-21-8-6-5-7-17(20)21/h5-10,13-14,18H,11-12H2,1-4H3,(H,25,28)(H,26,30)/t18-/m0/s1. The van der Waals surface area contributed by atoms with Crippen LogP contribution in [0, 0.1) is 0 Å². The number of benzene rings is 2. The summed E-state index contributed by atoms with van der Waals surface area (Å²) in [4.78, 5) is 38.4. The topological polar surface area (TPSA) is 101 Å². The highest BCUT2D eigenvalue weighted by Crippen LogP contribution is 2.34. The Bertz CT molecular complexity index is 1210. The van der Waals surface area contributed by atoms with Gasteiger partial charge in [0, 0.05) is 31.1 Å². The maximum atomic E-state index is 12.9. The van der Waals surface area contributed by atoms with Crippen LogP contribution in [0.15, 0.2) is 57.7 Å². The fourth-order valence-corrected chi connectivity index (χ4v) is 3.95. The van der Waals surface area contributed by atoms with Gasteiger partial charge in [-0.05, 0) is 48.8 Å². The number of amides is 2. The molecule has 2 amide bonds. The zero-order chi connectivity index (χ0) is 24.0. The number of methoxy groups -OCH3 is 1. The van der Waals surface area contributed by atoms with Gasteiger partial charge in [0.25, 0.3) is 0 Å². The van der Waals surface area contributed by atoms with Crippen molar-refractivity contribution in [1.29, 1.82) is 0 Å². The third kappa shape index (κ3) is 5.87. The Balaban J connectivity index is 1.95. The molecule has 0 bridgehead atoms. The van der Waals surface area contributed by atoms with Crippen LogP contribution in [0.4, 0.5) is 17.1 Å². The summed E-state index contributed by atoms with van der Waals surface area (Å²) in [7, 11) is 3.34. The van der Waals surface area contributed by atoms with Crippen molar-refractivity contribution in [3.8, 4) is 5.75 Å². The van der Waals surface area contributed by atoms with Crippen molar-refractivity contribution < 1.29 is 18.7 Å². The molecular weight excluding hydrogens is 442 g/mol. The largest absolute Gasteiger partial charge is 0.495 e. The van der Waals surface area contributed by atoms with Gasteiger partial charge >= 0.3 is 5.63 Å². The van der Waals surface area contributed by atoms with Crippen molar-refractivity contribution in [3.63, 3.8) is 0 Å². The highest BCUT2D eigenvalue weighted by Gasteiger charge is 2.21. The third-order valence-electron chi connectivity index (χ3n) is 5.12. The van der Waals surface area contributed by atoms with E-state index < -0.39 is 11.7 Å². The second kappa shape index (κ2) is 10.9. The van der Waals surface area contributed by atoms with E-state index in [-0.39, 0.29) is 11.8 Å². The molecule has 0 saturated carbocycles. The molecule has 1 heterocycles. The van der Waals surface area contributed by atoms with Crippen LogP contribution in [0.1, 0.15) is 13.3 Å². The molecule has 2 aromatic carbocycles. The van der Waals surface area contributed by atoms with E-state index in [1.54, 1.807) is 36.0 Å². The number of anilines is 3. The van der Waals surface area contributed by atoms with Gasteiger partial charge in [0.15, 0.2) is 0 Å². The van der Waals surface area contributed by atoms with E-state index in [1.165, 1.54) is 20.1 Å². The van der Waals surface area contributed by atoms with Crippen molar-refractivity contribution in [2.24, 2.45) is 0 Å². The van der Waals surface area contributed by atoms with Crippen LogP contribution in [-0.2, 0) is 9.59 Å². The first kappa shape index (κ1) is 24.2. The number of carbonyl (C=O) groups is 2. The number of para-hydroxylation sites is 1. The zero-order valence-corrected chi connectivity index (χ0v) is 19.8. The Morgan fingerprint density at radius 2 is 1.94 bits per heavy atom. The molecule has 2 N–H and O–H groups in total. The number of hydrogen-bond acceptors (Lipinski definition) is 7. The SMILES string of the molecule is COc1ccc(N(C)c2cc(=O)oc3ccccc23)cc1NC(=O)[C@H](CCSC)NC(C)=O. The summed E-state index contributed by atoms with van der Waals surface area (Å²) in [5.41, 5.74) is 1.88. The minimum Gasteiger partial charge on any atom is -0.495 e. The Morgan fingerprint density at radius 3 is 2.64 bits per heavy atom. The van der Waals surface area contributed by atoms with Gasteiger partial charge in [-0.25, -0.2) is 4.79 Å². The van der Waals surface area contributed by atoms with Crippen LogP contribution in [0.5, 0.6) is 5.75 Å². The summed E-state index contributed by atoms with van der Waals surface area (Å²) < 4.78 is 10.7. The van der Waals surface area contributed by atoms with Crippen molar-refractivity contribution in [2.75, 3.05) is 36.4 Å². The van der Waals surface area contributed by atoms with Crippen molar-refractivity contribution in [2.45, 2.75) is 19.4 Å². The summed E-state index contributed by atoms with van der Waals surface area (Å²) in [5.74, 6) is 0.598. The maximum Gasteiger partial charge on any atom is 0.338 e. The number of rotatable bonds is 9. The van der Waals surface area contributed by atoms with Gasteiger partial charge in [-0.2, -0.15) is 11.8 Å². The first-order valence-corrected chi connectivity index (χ1v) is 11.7. The maximum absolute atomic E-state index is 12.9. The minimum atomic E-state index is -0.663. The monoisotopic (exact) mass is 469 g/mol. The van der Waals surface area contributed by atoms with Crippen LogP contribution in [0.25, 0.3) is 11.0 Å². The van der Waals surface area contributed by atoms with E-state index in [2.05, 4.69) is 10.6 Å². The minimum absolute atomic E-state index is 0.272. The summed E-state index contributed by atoms with van der Waals surface area (Å²) in [6, 6.07) is 13.4. The molecule has 1 atom stereocenters. The van der Waals surface area contributed by atoms with Gasteiger partial charge in [-0.1, -0.05) is 12.1 Å². The molecule has 174 valence electrons. The van der Waals surface area contributed by atoms with E-state index in [4.69, 9.17) is 9.15 Å². The van der Waals surface area contributed by atoms with E-state index >= 15 is 0 Å². The number of ether oxygens (including phenoxy) is 1. The lowest BCUT2D eigenvalue weighted by atomic mass is 10.1. The lowest BCUT2D eigenvalue weighted by Gasteiger charge is -2.23. The van der Waals surface area contributed by atoms with Crippen molar-refractivity contribution in [3.05, 3.63) is 59.0 Å². The van der Waals surface area contributed by atoms with Gasteiger partial charge in [0.05, 0.1) is 18.5 Å². The summed E-state index contributed by atoms with van der Waals surface area (Å²) >= 11 is 1.60. The van der Waals surface area contributed by atoms with Crippen LogP contribution in [0.3, 0.4) is 0 Å². The zero-order valence-electron chi connectivity index (χ0n) is 19.0. The lowest BCUT2D eigenvalue weighted by molar-refractivity contribution is -0.125. The quantitative estimate of drug-likeness (QED) is 0.460. The number of thioether (sulfide) groups is 1. The number of fused-ring (bicyclic) bond motifs is 1. The number of carbonyl (C=O) groups excluding carboxylic acids is 2. The molecule has 0 radical (unpaired) electrons. The number of nitrogens with zero attached hydrogens (tertiary/aromatic N) is 1. The van der Waals surface area contributed by atoms with Crippen molar-refractivity contribution in [1.82, 2.24) is 5.32 Å². The van der Waals surface area contributed by atoms with Crippen LogP contribution < -0.4 is 25.9 Å². The predicted octanol–water partition coefficient (Wildman–Crippen LogP) is 3.77. The number of nitrogens with one attached hydrogen (secondary N) is 2. The molecule has 0 saturated heterocycles. The molecule has 0 spiro atoms. The fourth-order valence-electron chi connectivity index (χ4n) is 3.48. The molecule has 3 rings (SSSR count). The molecule has 0 unspecified atom stereocenters. The highest BCUT2D eigenvalue weighted by atomic mass is 32.2. The predicted molar refractivity (Wildman–Crippen MR) is 133 cm³/mol. The smallest absolute Gasteiger partial charge is 0.338 e. The molecule has 9 heteroatoms. The van der Waals surface area contributed by atoms with Crippen LogP contribution in [-0.4, -0.2) is 44.0 Å². The van der Waals surface area contributed by atoms with Crippen molar-refractivity contribution >= 4 is 51.6 Å². The second-order valence-corrected chi connectivity index (χ2v) is 8.40. The normalized spacial score (nSPS) is 11.6. The molecule has 0 fully saturated rings. The summed E-state index contributed by atoms with van der Waals surface area (Å²) in [5, 5.41) is 6.36. The van der Waals surface area contributed by atoms with Crippen LogP contribution in [0.2, 0.25) is 0 Å². The van der Waals surface area contributed by atoms with Gasteiger partial charge < -0.3 is 24.7 Å². The Hall–Kier alpha value is -3.46. The number of hydrogen-bond donors (Lipinski definition) is 2. The Morgan fingerprint density at radius 1 is 1.18 bits per heavy atom. The van der Waals surface area contributed by atoms with E-state index in [9.17, 15) is 14.4 Å². The summed E-state index contributed by atoms with van der Waals surface area (Å²) in [6.07, 6.45) is 2.44. The molecule has 1 aromatic heterocycles. The molecule has 0 aliphatic heterocycles. The second-order valence-electron chi connectivity index (χ2n) is 7.41. The molecular formula is C24H27N3O5S. The van der Waals surface area contributed by atoms with Gasteiger partial charge in [-0.3, -0.25) is 9.59 Å². The average Bonchev–Trinajstić information content (AvgIpc) is 2.80. The molecule has 0 aliphatic rings. The Labute approximate surface area is 196 Å². The molecule has 0 aliphatic carbocycles. The van der Waals surface area contributed by atoms with E-state index in [1.807, 2.05) is 36.4 Å². The molecule has 33 heavy (non-hydrogen) atoms. The van der Waals surface area contributed by atoms with E-state index in [0.29, 0.717) is 29.1 Å². The van der Waals surface area contributed by atoms with Crippen LogP contribution >= 0.6 is 11.8 Å². The third-order valence-corrected chi connectivity index (χ3v) is 5.77. The van der Waals surface area contributed by atoms with Gasteiger partial charge in [0.1, 0.15) is 17.4 Å². The van der Waals surface area contributed by atoms with E-state index in [0.717, 1.165) is 16.8 Å². The molecule has 3 aromatic rings. The highest BCUT2D eigenvalue weighted by molar-refractivity contribution is 7.98. The van der Waals surface area contributed by atoms with Gasteiger partial charge in [0.2, 0.25) is 11.8 Å². The fraction of sp³-hybridized carbons (Fsp3) is 0.292. The average molecular weight is 470 g/mol. The Kier molecular flexibility index (Phi) is 8.00. The molecule has 8 nitrogen and oxygen atoms in total. The lowest BCUT2D eigenvalue weighted by Crippen LogP contribution is -2.43. The summed E-state index contributed by atoms with van der Waals surface area (Å²) in [6.45, 7) is 1.39. The first-order chi connectivity index (χ1) is 15.8. The first-order valence-electron chi connectivity index (χ1n) is 10.4. The van der Waals surface area contributed by atoms with Gasteiger partial charge in [-0.15, -0.1) is 0 Å².